The number of nitrogens with one attached hydrogen (secondary N) is 2. The van der Waals surface area contributed by atoms with Crippen molar-refractivity contribution in [1.82, 2.24) is 20.5 Å². The molecule has 1 aromatic rings. The van der Waals surface area contributed by atoms with Crippen LogP contribution in [0.4, 0.5) is 0 Å². The second-order valence-electron chi connectivity index (χ2n) is 6.63. The molecule has 0 atom stereocenters. The maximum absolute atomic E-state index is 11.7. The number of fused-ring (bicyclic) bond motifs is 1. The normalized spacial score (nSPS) is 13.4. The van der Waals surface area contributed by atoms with Gasteiger partial charge in [-0.2, -0.15) is 0 Å². The lowest BCUT2D eigenvalue weighted by atomic mass is 10.0. The molecule has 1 amide bonds. The fourth-order valence-electron chi connectivity index (χ4n) is 2.50. The van der Waals surface area contributed by atoms with Crippen LogP contribution in [0.15, 0.2) is 17.1 Å². The van der Waals surface area contributed by atoms with Crippen molar-refractivity contribution in [2.45, 2.75) is 39.0 Å². The van der Waals surface area contributed by atoms with Gasteiger partial charge >= 0.3 is 0 Å². The van der Waals surface area contributed by atoms with Crippen molar-refractivity contribution < 1.29 is 4.79 Å². The summed E-state index contributed by atoms with van der Waals surface area (Å²) < 4.78 is 0. The first kappa shape index (κ1) is 22.9. The standard InChI is InChI=1S/C18H29N5OS.HI/c1-13(2)11-20-18(21-12-17(24)23(3)4)19-10-9-16-22-14-7-5-6-8-15(14)25-16;/h1,5-12H2,2-4H3,(H2,19,20,21);1H. The van der Waals surface area contributed by atoms with Crippen LogP contribution in [0.3, 0.4) is 0 Å². The molecule has 0 saturated heterocycles. The van der Waals surface area contributed by atoms with E-state index >= 15 is 0 Å². The molecule has 1 heterocycles. The topological polar surface area (TPSA) is 69.6 Å². The van der Waals surface area contributed by atoms with Crippen molar-refractivity contribution in [3.05, 3.63) is 27.7 Å². The molecular formula is C18H30IN5OS. The molecule has 0 aromatic carbocycles. The lowest BCUT2D eigenvalue weighted by Crippen LogP contribution is -2.40. The maximum Gasteiger partial charge on any atom is 0.243 e. The van der Waals surface area contributed by atoms with Crippen molar-refractivity contribution in [2.75, 3.05) is 33.7 Å². The van der Waals surface area contributed by atoms with E-state index in [-0.39, 0.29) is 36.4 Å². The van der Waals surface area contributed by atoms with Crippen LogP contribution in [0.2, 0.25) is 0 Å². The Hall–Kier alpha value is -1.16. The van der Waals surface area contributed by atoms with Crippen molar-refractivity contribution in [3.63, 3.8) is 0 Å². The van der Waals surface area contributed by atoms with Crippen LogP contribution in [0.25, 0.3) is 0 Å². The third-order valence-electron chi connectivity index (χ3n) is 3.95. The summed E-state index contributed by atoms with van der Waals surface area (Å²) in [5.41, 5.74) is 2.32. The molecule has 2 rings (SSSR count). The zero-order chi connectivity index (χ0) is 18.2. The number of aromatic nitrogens is 1. The van der Waals surface area contributed by atoms with E-state index in [0.717, 1.165) is 25.0 Å². The Kier molecular flexibility index (Phi) is 10.1. The van der Waals surface area contributed by atoms with Crippen molar-refractivity contribution >= 4 is 47.2 Å². The van der Waals surface area contributed by atoms with Crippen molar-refractivity contribution in [2.24, 2.45) is 4.99 Å². The van der Waals surface area contributed by atoms with Gasteiger partial charge in [0.15, 0.2) is 5.96 Å². The second kappa shape index (κ2) is 11.5. The number of nitrogens with zero attached hydrogens (tertiary/aromatic N) is 3. The zero-order valence-electron chi connectivity index (χ0n) is 15.9. The Morgan fingerprint density at radius 3 is 2.69 bits per heavy atom. The van der Waals surface area contributed by atoms with E-state index in [4.69, 9.17) is 4.98 Å². The molecule has 146 valence electrons. The van der Waals surface area contributed by atoms with Crippen LogP contribution in [0.5, 0.6) is 0 Å². The summed E-state index contributed by atoms with van der Waals surface area (Å²) in [6.45, 7) is 7.34. The van der Waals surface area contributed by atoms with Gasteiger partial charge < -0.3 is 15.5 Å². The summed E-state index contributed by atoms with van der Waals surface area (Å²) in [6.07, 6.45) is 5.72. The summed E-state index contributed by atoms with van der Waals surface area (Å²) in [5, 5.41) is 7.68. The van der Waals surface area contributed by atoms with Gasteiger partial charge in [0.2, 0.25) is 5.91 Å². The number of thiazole rings is 1. The lowest BCUT2D eigenvalue weighted by molar-refractivity contribution is -0.127. The van der Waals surface area contributed by atoms with Crippen molar-refractivity contribution in [1.29, 1.82) is 0 Å². The van der Waals surface area contributed by atoms with Crippen molar-refractivity contribution in [3.8, 4) is 0 Å². The monoisotopic (exact) mass is 491 g/mol. The molecule has 0 spiro atoms. The van der Waals surface area contributed by atoms with Gasteiger partial charge in [-0.3, -0.25) is 4.79 Å². The number of carbonyl (C=O) groups excluding carboxylic acids is 1. The average Bonchev–Trinajstić information content (AvgIpc) is 2.98. The highest BCUT2D eigenvalue weighted by molar-refractivity contribution is 14.0. The van der Waals surface area contributed by atoms with E-state index in [0.29, 0.717) is 12.5 Å². The highest BCUT2D eigenvalue weighted by atomic mass is 127. The summed E-state index contributed by atoms with van der Waals surface area (Å²) >= 11 is 1.84. The number of aryl methyl sites for hydroxylation is 2. The number of hydrogen-bond donors (Lipinski definition) is 2. The molecule has 8 heteroatoms. The predicted molar refractivity (Wildman–Crippen MR) is 120 cm³/mol. The van der Waals surface area contributed by atoms with Crippen LogP contribution in [-0.2, 0) is 24.1 Å². The minimum Gasteiger partial charge on any atom is -0.356 e. The third-order valence-corrected chi connectivity index (χ3v) is 5.17. The number of hydrogen-bond acceptors (Lipinski definition) is 4. The van der Waals surface area contributed by atoms with E-state index in [1.807, 2.05) is 18.3 Å². The number of carbonyl (C=O) groups is 1. The second-order valence-corrected chi connectivity index (χ2v) is 7.79. The van der Waals surface area contributed by atoms with Gasteiger partial charge in [-0.1, -0.05) is 12.2 Å². The Labute approximate surface area is 177 Å². The molecule has 0 bridgehead atoms. The number of halogens is 1. The molecule has 0 fully saturated rings. The zero-order valence-corrected chi connectivity index (χ0v) is 19.1. The molecule has 0 saturated carbocycles. The highest BCUT2D eigenvalue weighted by Crippen LogP contribution is 2.26. The summed E-state index contributed by atoms with van der Waals surface area (Å²) in [4.78, 5) is 23.9. The van der Waals surface area contributed by atoms with Gasteiger partial charge in [0.1, 0.15) is 6.54 Å². The highest BCUT2D eigenvalue weighted by Gasteiger charge is 2.14. The van der Waals surface area contributed by atoms with Gasteiger partial charge in [-0.15, -0.1) is 35.3 Å². The molecular weight excluding hydrogens is 461 g/mol. The fraction of sp³-hybridized carbons (Fsp3) is 0.611. The molecule has 0 aliphatic heterocycles. The summed E-state index contributed by atoms with van der Waals surface area (Å²) in [6, 6.07) is 0. The molecule has 1 aliphatic carbocycles. The Morgan fingerprint density at radius 2 is 2.04 bits per heavy atom. The number of likely N-dealkylation sites (N-methyl/N-ethyl adjacent to an activating group) is 1. The molecule has 1 aromatic heterocycles. The largest absolute Gasteiger partial charge is 0.356 e. The molecule has 0 unspecified atom stereocenters. The smallest absolute Gasteiger partial charge is 0.243 e. The number of aliphatic imine (C=N–C) groups is 1. The van der Waals surface area contributed by atoms with Crippen LogP contribution in [0.1, 0.15) is 35.3 Å². The quantitative estimate of drug-likeness (QED) is 0.266. The summed E-state index contributed by atoms with van der Waals surface area (Å²) in [7, 11) is 3.47. The Balaban J connectivity index is 0.00000338. The number of guanidine groups is 1. The van der Waals surface area contributed by atoms with Gasteiger partial charge in [0.25, 0.3) is 0 Å². The van der Waals surface area contributed by atoms with E-state index in [9.17, 15) is 4.79 Å². The SMILES string of the molecule is C=C(C)CNC(=NCC(=O)N(C)C)NCCc1nc2c(s1)CCCC2.I. The van der Waals surface area contributed by atoms with Gasteiger partial charge in [0, 0.05) is 38.5 Å². The molecule has 1 aliphatic rings. The van der Waals surface area contributed by atoms with Gasteiger partial charge in [0.05, 0.1) is 10.7 Å². The van der Waals surface area contributed by atoms with Crippen LogP contribution < -0.4 is 10.6 Å². The number of amides is 1. The lowest BCUT2D eigenvalue weighted by Gasteiger charge is -2.13. The predicted octanol–water partition coefficient (Wildman–Crippen LogP) is 2.38. The molecule has 2 N–H and O–H groups in total. The first-order valence-corrected chi connectivity index (χ1v) is 9.61. The Morgan fingerprint density at radius 1 is 1.31 bits per heavy atom. The fourth-order valence-corrected chi connectivity index (χ4v) is 3.65. The van der Waals surface area contributed by atoms with E-state index < -0.39 is 0 Å². The first-order valence-electron chi connectivity index (χ1n) is 8.80. The van der Waals surface area contributed by atoms with Crippen LogP contribution >= 0.6 is 35.3 Å². The van der Waals surface area contributed by atoms with E-state index in [2.05, 4.69) is 22.2 Å². The first-order chi connectivity index (χ1) is 12.0. The molecule has 0 radical (unpaired) electrons. The minimum atomic E-state index is -0.0241. The van der Waals surface area contributed by atoms with Crippen LogP contribution in [0, 0.1) is 0 Å². The number of rotatable bonds is 7. The Bertz CT molecular complexity index is 618. The van der Waals surface area contributed by atoms with Gasteiger partial charge in [-0.25, -0.2) is 9.98 Å². The van der Waals surface area contributed by atoms with Gasteiger partial charge in [-0.05, 0) is 32.6 Å². The van der Waals surface area contributed by atoms with E-state index in [1.165, 1.54) is 34.8 Å². The maximum atomic E-state index is 11.7. The van der Waals surface area contributed by atoms with Crippen LogP contribution in [-0.4, -0.2) is 55.5 Å². The minimum absolute atomic E-state index is 0. The molecule has 6 nitrogen and oxygen atoms in total. The molecule has 26 heavy (non-hydrogen) atoms. The third kappa shape index (κ3) is 7.61. The average molecular weight is 491 g/mol. The summed E-state index contributed by atoms with van der Waals surface area (Å²) in [5.74, 6) is 0.614. The van der Waals surface area contributed by atoms with E-state index in [1.54, 1.807) is 19.0 Å².